The molecule has 156 valence electrons. The number of hydrogen-bond acceptors (Lipinski definition) is 3. The Morgan fingerprint density at radius 1 is 1.10 bits per heavy atom. The Bertz CT molecular complexity index is 946. The lowest BCUT2D eigenvalue weighted by Crippen LogP contribution is -2.54. The molecule has 1 heterocycles. The summed E-state index contributed by atoms with van der Waals surface area (Å²) >= 11 is 5.98. The van der Waals surface area contributed by atoms with E-state index in [0.717, 1.165) is 31.2 Å². The van der Waals surface area contributed by atoms with Gasteiger partial charge in [-0.2, -0.15) is 0 Å². The van der Waals surface area contributed by atoms with Gasteiger partial charge in [-0.25, -0.2) is 0 Å². The summed E-state index contributed by atoms with van der Waals surface area (Å²) in [5.74, 6) is 0.0698. The monoisotopic (exact) mass is 424 g/mol. The van der Waals surface area contributed by atoms with E-state index in [1.807, 2.05) is 29.2 Å². The summed E-state index contributed by atoms with van der Waals surface area (Å²) in [6.07, 6.45) is 3.28. The van der Waals surface area contributed by atoms with Gasteiger partial charge < -0.3 is 15.0 Å². The maximum absolute atomic E-state index is 12.9. The predicted molar refractivity (Wildman–Crippen MR) is 114 cm³/mol. The van der Waals surface area contributed by atoms with E-state index in [1.165, 1.54) is 11.1 Å². The molecule has 0 bridgehead atoms. The maximum Gasteiger partial charge on any atom is 0.248 e. The van der Waals surface area contributed by atoms with E-state index in [1.54, 1.807) is 0 Å². The van der Waals surface area contributed by atoms with Gasteiger partial charge in [0, 0.05) is 24.2 Å². The molecule has 30 heavy (non-hydrogen) atoms. The van der Waals surface area contributed by atoms with Crippen LogP contribution in [0.2, 0.25) is 5.02 Å². The third-order valence-corrected chi connectivity index (χ3v) is 6.96. The number of halogens is 1. The molecular formula is C24H25ClN2O3. The van der Waals surface area contributed by atoms with Crippen LogP contribution in [0.1, 0.15) is 29.5 Å². The van der Waals surface area contributed by atoms with E-state index in [-0.39, 0.29) is 30.6 Å². The fourth-order valence-corrected chi connectivity index (χ4v) is 4.92. The van der Waals surface area contributed by atoms with Crippen molar-refractivity contribution in [2.45, 2.75) is 43.2 Å². The van der Waals surface area contributed by atoms with Crippen molar-refractivity contribution >= 4 is 23.4 Å². The second-order valence-corrected chi connectivity index (χ2v) is 9.05. The van der Waals surface area contributed by atoms with Gasteiger partial charge in [0.2, 0.25) is 11.8 Å². The van der Waals surface area contributed by atoms with Crippen LogP contribution in [0.3, 0.4) is 0 Å². The number of nitrogens with one attached hydrogen (secondary N) is 1. The average Bonchev–Trinajstić information content (AvgIpc) is 3.46. The SMILES string of the molecule is O=C1CO[C@H](CNC(=O)C2(c3ccc(Cl)cc3)CC2)CN1C1Cc2ccccc2C1. The first kappa shape index (κ1) is 19.6. The standard InChI is InChI=1S/C24H25ClN2O3/c25-19-7-5-18(6-8-19)24(9-10-24)23(29)26-13-21-14-27(22(28)15-30-21)20-11-16-3-1-2-4-17(16)12-20/h1-8,20-21H,9-15H2,(H,26,29)/t21-/m1/s1. The molecular weight excluding hydrogens is 400 g/mol. The number of amides is 2. The van der Waals surface area contributed by atoms with Crippen molar-refractivity contribution < 1.29 is 14.3 Å². The lowest BCUT2D eigenvalue weighted by Gasteiger charge is -2.37. The quantitative estimate of drug-likeness (QED) is 0.802. The summed E-state index contributed by atoms with van der Waals surface area (Å²) in [6, 6.07) is 16.1. The second kappa shape index (κ2) is 7.71. The highest BCUT2D eigenvalue weighted by molar-refractivity contribution is 6.30. The summed E-state index contributed by atoms with van der Waals surface area (Å²) < 4.78 is 5.74. The Morgan fingerprint density at radius 3 is 2.40 bits per heavy atom. The van der Waals surface area contributed by atoms with E-state index < -0.39 is 5.41 Å². The number of benzene rings is 2. The van der Waals surface area contributed by atoms with Crippen LogP contribution in [0.15, 0.2) is 48.5 Å². The molecule has 2 aromatic rings. The van der Waals surface area contributed by atoms with Crippen molar-refractivity contribution in [3.05, 3.63) is 70.2 Å². The number of morpholine rings is 1. The first-order valence-electron chi connectivity index (χ1n) is 10.6. The number of carbonyl (C=O) groups is 2. The van der Waals surface area contributed by atoms with Crippen LogP contribution in [0.25, 0.3) is 0 Å². The van der Waals surface area contributed by atoms with Crippen LogP contribution >= 0.6 is 11.6 Å². The molecule has 2 fully saturated rings. The molecule has 0 aromatic heterocycles. The van der Waals surface area contributed by atoms with Crippen molar-refractivity contribution in [1.29, 1.82) is 0 Å². The predicted octanol–water partition coefficient (Wildman–Crippen LogP) is 2.88. The molecule has 1 saturated carbocycles. The molecule has 3 aliphatic rings. The van der Waals surface area contributed by atoms with E-state index in [9.17, 15) is 9.59 Å². The van der Waals surface area contributed by atoms with Gasteiger partial charge in [0.25, 0.3) is 0 Å². The highest BCUT2D eigenvalue weighted by Crippen LogP contribution is 2.48. The molecule has 0 unspecified atom stereocenters. The lowest BCUT2D eigenvalue weighted by atomic mass is 9.95. The molecule has 5 rings (SSSR count). The van der Waals surface area contributed by atoms with Crippen LogP contribution in [-0.4, -0.2) is 48.6 Å². The van der Waals surface area contributed by atoms with E-state index >= 15 is 0 Å². The minimum Gasteiger partial charge on any atom is -0.365 e. The number of carbonyl (C=O) groups excluding carboxylic acids is 2. The average molecular weight is 425 g/mol. The third kappa shape index (κ3) is 3.61. The van der Waals surface area contributed by atoms with Crippen LogP contribution in [0.4, 0.5) is 0 Å². The molecule has 2 aromatic carbocycles. The smallest absolute Gasteiger partial charge is 0.248 e. The first-order chi connectivity index (χ1) is 14.5. The summed E-state index contributed by atoms with van der Waals surface area (Å²) in [4.78, 5) is 27.4. The highest BCUT2D eigenvalue weighted by Gasteiger charge is 2.51. The fraction of sp³-hybridized carbons (Fsp3) is 0.417. The third-order valence-electron chi connectivity index (χ3n) is 6.71. The largest absolute Gasteiger partial charge is 0.365 e. The molecule has 0 radical (unpaired) electrons. The summed E-state index contributed by atoms with van der Waals surface area (Å²) in [6.45, 7) is 1.01. The normalized spacial score (nSPS) is 22.6. The zero-order valence-electron chi connectivity index (χ0n) is 16.8. The minimum absolute atomic E-state index is 0.0325. The number of rotatable bonds is 5. The Balaban J connectivity index is 1.20. The molecule has 1 atom stereocenters. The molecule has 6 heteroatoms. The van der Waals surface area contributed by atoms with Crippen molar-refractivity contribution in [2.24, 2.45) is 0 Å². The van der Waals surface area contributed by atoms with Gasteiger partial charge in [0.05, 0.1) is 11.5 Å². The topological polar surface area (TPSA) is 58.6 Å². The number of hydrogen-bond donors (Lipinski definition) is 1. The van der Waals surface area contributed by atoms with Crippen molar-refractivity contribution in [3.63, 3.8) is 0 Å². The van der Waals surface area contributed by atoms with E-state index in [4.69, 9.17) is 16.3 Å². The highest BCUT2D eigenvalue weighted by atomic mass is 35.5. The maximum atomic E-state index is 12.9. The lowest BCUT2D eigenvalue weighted by molar-refractivity contribution is -0.152. The molecule has 1 N–H and O–H groups in total. The van der Waals surface area contributed by atoms with Gasteiger partial charge >= 0.3 is 0 Å². The fourth-order valence-electron chi connectivity index (χ4n) is 4.79. The van der Waals surface area contributed by atoms with Gasteiger partial charge in [0.1, 0.15) is 6.61 Å². The van der Waals surface area contributed by atoms with Gasteiger partial charge in [-0.3, -0.25) is 9.59 Å². The van der Waals surface area contributed by atoms with Crippen LogP contribution in [-0.2, 0) is 32.6 Å². The minimum atomic E-state index is -0.443. The van der Waals surface area contributed by atoms with E-state index in [0.29, 0.717) is 18.1 Å². The number of ether oxygens (including phenoxy) is 1. The zero-order valence-corrected chi connectivity index (χ0v) is 17.5. The van der Waals surface area contributed by atoms with Gasteiger partial charge in [-0.15, -0.1) is 0 Å². The Morgan fingerprint density at radius 2 is 1.77 bits per heavy atom. The molecule has 2 aliphatic carbocycles. The molecule has 2 amide bonds. The van der Waals surface area contributed by atoms with Crippen LogP contribution in [0, 0.1) is 0 Å². The second-order valence-electron chi connectivity index (χ2n) is 8.61. The van der Waals surface area contributed by atoms with Crippen molar-refractivity contribution in [2.75, 3.05) is 19.7 Å². The Kier molecular flexibility index (Phi) is 5.03. The Labute approximate surface area is 181 Å². The van der Waals surface area contributed by atoms with E-state index in [2.05, 4.69) is 29.6 Å². The van der Waals surface area contributed by atoms with Gasteiger partial charge in [0.15, 0.2) is 0 Å². The molecule has 5 nitrogen and oxygen atoms in total. The van der Waals surface area contributed by atoms with Gasteiger partial charge in [-0.1, -0.05) is 48.0 Å². The molecule has 1 saturated heterocycles. The van der Waals surface area contributed by atoms with Crippen LogP contribution < -0.4 is 5.32 Å². The summed E-state index contributed by atoms with van der Waals surface area (Å²) in [5, 5.41) is 3.75. The first-order valence-corrected chi connectivity index (χ1v) is 11.0. The molecule has 1 aliphatic heterocycles. The Hall–Kier alpha value is -2.37. The van der Waals surface area contributed by atoms with Crippen LogP contribution in [0.5, 0.6) is 0 Å². The molecule has 0 spiro atoms. The van der Waals surface area contributed by atoms with Gasteiger partial charge in [-0.05, 0) is 54.5 Å². The number of nitrogens with zero attached hydrogens (tertiary/aromatic N) is 1. The summed E-state index contributed by atoms with van der Waals surface area (Å²) in [5.41, 5.74) is 3.21. The van der Waals surface area contributed by atoms with Crippen molar-refractivity contribution in [1.82, 2.24) is 10.2 Å². The van der Waals surface area contributed by atoms with Crippen molar-refractivity contribution in [3.8, 4) is 0 Å². The number of fused-ring (bicyclic) bond motifs is 1. The summed E-state index contributed by atoms with van der Waals surface area (Å²) in [7, 11) is 0. The zero-order chi connectivity index (χ0) is 20.7.